The van der Waals surface area contributed by atoms with Crippen LogP contribution in [0, 0.1) is 11.3 Å². The highest BCUT2D eigenvalue weighted by atomic mass is 19.4. The molecule has 1 aliphatic heterocycles. The summed E-state index contributed by atoms with van der Waals surface area (Å²) in [4.78, 5) is 31.3. The number of carbonyl (C=O) groups is 2. The zero-order valence-corrected chi connectivity index (χ0v) is 25.0. The monoisotopic (exact) mass is 663 g/mol. The number of alkyl halides is 5. The first kappa shape index (κ1) is 31.0. The summed E-state index contributed by atoms with van der Waals surface area (Å²) in [6.07, 6.45) is -1.18. The Labute approximate surface area is 262 Å². The lowest BCUT2D eigenvalue weighted by atomic mass is 9.76. The molecule has 2 amide bonds. The minimum Gasteiger partial charge on any atom is -0.344 e. The minimum absolute atomic E-state index is 0.0400. The number of fused-ring (bicyclic) bond motifs is 1. The maximum absolute atomic E-state index is 14.1. The molecular formula is C28H30F5N11O3. The van der Waals surface area contributed by atoms with Crippen LogP contribution in [0.5, 0.6) is 0 Å². The number of halogens is 5. The molecule has 0 unspecified atom stereocenters. The molecule has 0 bridgehead atoms. The fourth-order valence-electron chi connectivity index (χ4n) is 6.70. The molecule has 14 nitrogen and oxygen atoms in total. The topological polar surface area (TPSA) is 171 Å². The van der Waals surface area contributed by atoms with Crippen molar-refractivity contribution in [2.24, 2.45) is 18.4 Å². The normalized spacial score (nSPS) is 24.0. The number of hydrogen-bond acceptors (Lipinski definition) is 10. The van der Waals surface area contributed by atoms with Crippen molar-refractivity contribution in [3.63, 3.8) is 0 Å². The van der Waals surface area contributed by atoms with E-state index in [1.807, 2.05) is 0 Å². The number of nitrogens with zero attached hydrogens (tertiary/aromatic N) is 9. The van der Waals surface area contributed by atoms with Gasteiger partial charge in [-0.25, -0.2) is 27.6 Å². The van der Waals surface area contributed by atoms with Gasteiger partial charge in [-0.1, -0.05) is 5.16 Å². The third-order valence-electron chi connectivity index (χ3n) is 9.45. The summed E-state index contributed by atoms with van der Waals surface area (Å²) in [5.74, 6) is -4.21. The first-order valence-corrected chi connectivity index (χ1v) is 15.2. The van der Waals surface area contributed by atoms with Gasteiger partial charge in [0.2, 0.25) is 11.8 Å². The number of nitrogens with one attached hydrogen (secondary N) is 2. The predicted molar refractivity (Wildman–Crippen MR) is 148 cm³/mol. The molecule has 0 aromatic carbocycles. The van der Waals surface area contributed by atoms with Crippen LogP contribution in [0.4, 0.5) is 22.0 Å². The molecule has 7 rings (SSSR count). The first-order valence-electron chi connectivity index (χ1n) is 15.2. The second-order valence-corrected chi connectivity index (χ2v) is 12.9. The molecule has 4 aromatic heterocycles. The van der Waals surface area contributed by atoms with Gasteiger partial charge in [0.25, 0.3) is 5.91 Å². The molecule has 3 aliphatic rings. The lowest BCUT2D eigenvalue weighted by molar-refractivity contribution is -0.155. The second-order valence-electron chi connectivity index (χ2n) is 12.9. The SMILES string of the molecule is Cn1nnnc1C[C@]1(Cc2cnn3cc([C@@H](NC(=O)c4nonc4C4CC4)C4CCC(F)(F)CC4)nc3c2)C[C@@H](C(F)(F)F)NC1=O. The largest absolute Gasteiger partial charge is 0.408 e. The fraction of sp³-hybridized carbons (Fsp3) is 0.607. The highest BCUT2D eigenvalue weighted by Gasteiger charge is 2.56. The second kappa shape index (κ2) is 11.3. The van der Waals surface area contributed by atoms with E-state index in [1.54, 1.807) is 12.3 Å². The van der Waals surface area contributed by atoms with Crippen LogP contribution in [-0.2, 0) is 24.7 Å². The average Bonchev–Trinajstić information content (AvgIpc) is 3.31. The summed E-state index contributed by atoms with van der Waals surface area (Å²) < 4.78 is 76.9. The van der Waals surface area contributed by atoms with Gasteiger partial charge in [0.1, 0.15) is 11.7 Å². The molecule has 2 saturated carbocycles. The van der Waals surface area contributed by atoms with Gasteiger partial charge in [-0.15, -0.1) is 5.10 Å². The van der Waals surface area contributed by atoms with Crippen molar-refractivity contribution >= 4 is 17.5 Å². The van der Waals surface area contributed by atoms with E-state index < -0.39 is 47.8 Å². The summed E-state index contributed by atoms with van der Waals surface area (Å²) in [6, 6.07) is -1.23. The van der Waals surface area contributed by atoms with E-state index >= 15 is 0 Å². The number of carbonyl (C=O) groups excluding carboxylic acids is 2. The fourth-order valence-corrected chi connectivity index (χ4v) is 6.70. The van der Waals surface area contributed by atoms with Crippen molar-refractivity contribution in [1.29, 1.82) is 0 Å². The van der Waals surface area contributed by atoms with Crippen LogP contribution in [0.15, 0.2) is 23.1 Å². The van der Waals surface area contributed by atoms with E-state index in [1.165, 1.54) is 22.4 Å². The Morgan fingerprint density at radius 2 is 1.94 bits per heavy atom. The number of aryl methyl sites for hydroxylation is 1. The van der Waals surface area contributed by atoms with Crippen molar-refractivity contribution < 1.29 is 36.2 Å². The Balaban J connectivity index is 1.19. The molecule has 4 aromatic rings. The number of hydrogen-bond donors (Lipinski definition) is 2. The molecule has 47 heavy (non-hydrogen) atoms. The molecule has 3 fully saturated rings. The third-order valence-corrected chi connectivity index (χ3v) is 9.45. The standard InChI is InChI=1S/C28H30F5N11O3/c1-43-20(38-41-42-43)11-26(10-18(28(31,32)33)36-25(26)46)9-14-8-19-35-17(13-44(19)34-12-14)21(16-4-6-27(29,30)7-5-16)37-24(45)23-22(15-2-3-15)39-47-40-23/h8,12-13,15-16,18,21H,2-7,9-11H2,1H3,(H,36,46)(H,37,45)/t18-,21-,26-/m0/s1. The smallest absolute Gasteiger partial charge is 0.344 e. The van der Waals surface area contributed by atoms with Gasteiger partial charge < -0.3 is 10.6 Å². The number of tetrazole rings is 1. The van der Waals surface area contributed by atoms with Gasteiger partial charge in [0.05, 0.1) is 29.5 Å². The van der Waals surface area contributed by atoms with Gasteiger partial charge >= 0.3 is 6.18 Å². The molecule has 2 aliphatic carbocycles. The Morgan fingerprint density at radius 1 is 1.17 bits per heavy atom. The third kappa shape index (κ3) is 6.14. The average molecular weight is 664 g/mol. The molecule has 19 heteroatoms. The van der Waals surface area contributed by atoms with Crippen molar-refractivity contribution in [2.45, 2.75) is 87.9 Å². The van der Waals surface area contributed by atoms with Crippen LogP contribution in [-0.4, -0.2) is 75.1 Å². The van der Waals surface area contributed by atoms with E-state index in [2.05, 4.69) is 46.6 Å². The maximum atomic E-state index is 14.1. The van der Waals surface area contributed by atoms with Crippen molar-refractivity contribution in [3.8, 4) is 0 Å². The molecule has 5 heterocycles. The molecule has 1 saturated heterocycles. The number of amides is 2. The number of rotatable bonds is 9. The molecule has 2 N–H and O–H groups in total. The van der Waals surface area contributed by atoms with Gasteiger partial charge in [0.15, 0.2) is 17.2 Å². The molecule has 0 spiro atoms. The van der Waals surface area contributed by atoms with Crippen LogP contribution >= 0.6 is 0 Å². The van der Waals surface area contributed by atoms with Gasteiger partial charge in [-0.3, -0.25) is 9.59 Å². The summed E-state index contributed by atoms with van der Waals surface area (Å²) in [6.45, 7) is 0. The molecular weight excluding hydrogens is 633 g/mol. The van der Waals surface area contributed by atoms with Crippen molar-refractivity contribution in [3.05, 3.63) is 46.9 Å². The highest BCUT2D eigenvalue weighted by Crippen LogP contribution is 2.44. The summed E-state index contributed by atoms with van der Waals surface area (Å²) in [5, 5.41) is 28.2. The summed E-state index contributed by atoms with van der Waals surface area (Å²) in [5.41, 5.74) is 0.0422. The molecule has 0 radical (unpaired) electrons. The van der Waals surface area contributed by atoms with E-state index in [9.17, 15) is 31.5 Å². The van der Waals surface area contributed by atoms with E-state index in [0.717, 1.165) is 12.8 Å². The minimum atomic E-state index is -4.65. The zero-order valence-electron chi connectivity index (χ0n) is 25.0. The Kier molecular flexibility index (Phi) is 7.46. The van der Waals surface area contributed by atoms with Crippen LogP contribution in [0.2, 0.25) is 0 Å². The number of imidazole rings is 1. The van der Waals surface area contributed by atoms with Crippen LogP contribution in [0.1, 0.15) is 90.2 Å². The maximum Gasteiger partial charge on any atom is 0.408 e. The Hall–Kier alpha value is -4.58. The highest BCUT2D eigenvalue weighted by molar-refractivity contribution is 5.93. The van der Waals surface area contributed by atoms with Crippen LogP contribution < -0.4 is 10.6 Å². The quantitative estimate of drug-likeness (QED) is 0.254. The first-order chi connectivity index (χ1) is 22.3. The molecule has 250 valence electrons. The van der Waals surface area contributed by atoms with Gasteiger partial charge in [-0.2, -0.15) is 18.3 Å². The summed E-state index contributed by atoms with van der Waals surface area (Å²) in [7, 11) is 1.53. The molecule has 3 atom stereocenters. The van der Waals surface area contributed by atoms with Crippen LogP contribution in [0.3, 0.4) is 0 Å². The number of aromatic nitrogens is 9. The Morgan fingerprint density at radius 3 is 2.60 bits per heavy atom. The van der Waals surface area contributed by atoms with E-state index in [-0.39, 0.29) is 61.9 Å². The van der Waals surface area contributed by atoms with E-state index in [0.29, 0.717) is 22.6 Å². The van der Waals surface area contributed by atoms with E-state index in [4.69, 9.17) is 4.63 Å². The van der Waals surface area contributed by atoms with Gasteiger partial charge in [0, 0.05) is 32.2 Å². The van der Waals surface area contributed by atoms with Gasteiger partial charge in [-0.05, 0) is 71.7 Å². The lowest BCUT2D eigenvalue weighted by Gasteiger charge is -2.33. The lowest BCUT2D eigenvalue weighted by Crippen LogP contribution is -2.39. The summed E-state index contributed by atoms with van der Waals surface area (Å²) >= 11 is 0. The van der Waals surface area contributed by atoms with Crippen molar-refractivity contribution in [1.82, 2.24) is 55.8 Å². The Bertz CT molecular complexity index is 1810. The zero-order chi connectivity index (χ0) is 33.1. The van der Waals surface area contributed by atoms with Crippen molar-refractivity contribution in [2.75, 3.05) is 0 Å². The predicted octanol–water partition coefficient (Wildman–Crippen LogP) is 3.03. The van der Waals surface area contributed by atoms with Crippen LogP contribution in [0.25, 0.3) is 5.65 Å².